The number of hydrogen-bond donors (Lipinski definition) is 0. The van der Waals surface area contributed by atoms with Gasteiger partial charge in [-0.2, -0.15) is 0 Å². The first-order valence-electron chi connectivity index (χ1n) is 6.51. The molecule has 1 saturated carbocycles. The zero-order valence-electron chi connectivity index (χ0n) is 10.3. The Bertz CT molecular complexity index is 451. The number of halogens is 1. The maximum absolute atomic E-state index is 13.1. The Morgan fingerprint density at radius 2 is 1.89 bits per heavy atom. The van der Waals surface area contributed by atoms with E-state index in [2.05, 4.69) is 9.80 Å². The summed E-state index contributed by atoms with van der Waals surface area (Å²) >= 11 is 0. The lowest BCUT2D eigenvalue weighted by Crippen LogP contribution is -2.47. The van der Waals surface area contributed by atoms with Gasteiger partial charge in [-0.1, -0.05) is 0 Å². The van der Waals surface area contributed by atoms with Crippen molar-refractivity contribution in [3.8, 4) is 0 Å². The van der Waals surface area contributed by atoms with Crippen LogP contribution in [-0.4, -0.2) is 43.4 Å². The summed E-state index contributed by atoms with van der Waals surface area (Å²) in [5, 5.41) is 0. The molecule has 2 fully saturated rings. The molecule has 1 aromatic carbocycles. The Kier molecular flexibility index (Phi) is 3.04. The first-order chi connectivity index (χ1) is 8.78. The second-order valence-electron chi connectivity index (χ2n) is 5.08. The number of benzene rings is 1. The Hall–Kier alpha value is -1.42. The number of piperazine rings is 1. The minimum atomic E-state index is -0.350. The van der Waals surface area contributed by atoms with Crippen LogP contribution in [0.1, 0.15) is 23.2 Å². The van der Waals surface area contributed by atoms with E-state index in [9.17, 15) is 9.18 Å². The zero-order valence-corrected chi connectivity index (χ0v) is 10.3. The third kappa shape index (κ3) is 2.25. The molecule has 1 aromatic rings. The number of aldehydes is 1. The topological polar surface area (TPSA) is 23.6 Å². The highest BCUT2D eigenvalue weighted by atomic mass is 19.1. The van der Waals surface area contributed by atoms with Crippen molar-refractivity contribution in [1.82, 2.24) is 4.90 Å². The molecule has 1 aliphatic carbocycles. The average molecular weight is 248 g/mol. The number of nitrogens with zero attached hydrogens (tertiary/aromatic N) is 2. The minimum absolute atomic E-state index is 0.350. The average Bonchev–Trinajstić information content (AvgIpc) is 3.23. The number of carbonyl (C=O) groups is 1. The van der Waals surface area contributed by atoms with Crippen molar-refractivity contribution in [2.45, 2.75) is 18.9 Å². The summed E-state index contributed by atoms with van der Waals surface area (Å²) in [6.07, 6.45) is 3.40. The van der Waals surface area contributed by atoms with Crippen molar-refractivity contribution in [3.05, 3.63) is 29.6 Å². The molecule has 3 rings (SSSR count). The molecule has 18 heavy (non-hydrogen) atoms. The largest absolute Gasteiger partial charge is 0.368 e. The van der Waals surface area contributed by atoms with E-state index in [1.807, 2.05) is 0 Å². The van der Waals surface area contributed by atoms with E-state index in [-0.39, 0.29) is 5.82 Å². The third-order valence-corrected chi connectivity index (χ3v) is 3.83. The molecular weight excluding hydrogens is 231 g/mol. The second-order valence-corrected chi connectivity index (χ2v) is 5.08. The minimum Gasteiger partial charge on any atom is -0.368 e. The first-order valence-corrected chi connectivity index (χ1v) is 6.51. The van der Waals surface area contributed by atoms with Crippen LogP contribution in [0, 0.1) is 5.82 Å². The van der Waals surface area contributed by atoms with Gasteiger partial charge in [-0.3, -0.25) is 9.69 Å². The predicted octanol–water partition coefficient (Wildman–Crippen LogP) is 1.92. The van der Waals surface area contributed by atoms with Gasteiger partial charge in [0, 0.05) is 43.5 Å². The van der Waals surface area contributed by atoms with Gasteiger partial charge in [0.25, 0.3) is 0 Å². The Labute approximate surface area is 106 Å². The van der Waals surface area contributed by atoms with Crippen molar-refractivity contribution in [3.63, 3.8) is 0 Å². The normalized spacial score (nSPS) is 21.1. The van der Waals surface area contributed by atoms with Gasteiger partial charge >= 0.3 is 0 Å². The molecule has 1 saturated heterocycles. The van der Waals surface area contributed by atoms with Gasteiger partial charge in [0.15, 0.2) is 6.29 Å². The fourth-order valence-corrected chi connectivity index (χ4v) is 2.68. The number of hydrogen-bond acceptors (Lipinski definition) is 3. The highest BCUT2D eigenvalue weighted by Gasteiger charge is 2.31. The van der Waals surface area contributed by atoms with Crippen LogP contribution in [0.3, 0.4) is 0 Å². The molecule has 0 unspecified atom stereocenters. The molecule has 0 spiro atoms. The highest BCUT2D eigenvalue weighted by Crippen LogP contribution is 2.29. The van der Waals surface area contributed by atoms with E-state index in [0.717, 1.165) is 44.2 Å². The van der Waals surface area contributed by atoms with Crippen LogP contribution in [0.25, 0.3) is 0 Å². The molecule has 0 aromatic heterocycles. The Morgan fingerprint density at radius 1 is 1.17 bits per heavy atom. The van der Waals surface area contributed by atoms with E-state index in [1.54, 1.807) is 6.07 Å². The molecule has 0 radical (unpaired) electrons. The van der Waals surface area contributed by atoms with Gasteiger partial charge in [-0.25, -0.2) is 4.39 Å². The number of carbonyl (C=O) groups excluding carboxylic acids is 1. The van der Waals surface area contributed by atoms with Crippen LogP contribution >= 0.6 is 0 Å². The molecule has 0 N–H and O–H groups in total. The van der Waals surface area contributed by atoms with E-state index >= 15 is 0 Å². The Morgan fingerprint density at radius 3 is 2.50 bits per heavy atom. The molecule has 3 nitrogen and oxygen atoms in total. The van der Waals surface area contributed by atoms with Crippen molar-refractivity contribution in [2.24, 2.45) is 0 Å². The molecule has 2 aliphatic rings. The summed E-state index contributed by atoms with van der Waals surface area (Å²) in [5.41, 5.74) is 1.32. The predicted molar refractivity (Wildman–Crippen MR) is 68.6 cm³/mol. The van der Waals surface area contributed by atoms with Crippen molar-refractivity contribution < 1.29 is 9.18 Å². The van der Waals surface area contributed by atoms with Crippen LogP contribution in [0.5, 0.6) is 0 Å². The lowest BCUT2D eigenvalue weighted by atomic mass is 10.1. The lowest BCUT2D eigenvalue weighted by Gasteiger charge is -2.36. The van der Waals surface area contributed by atoms with Gasteiger partial charge in [0.2, 0.25) is 0 Å². The van der Waals surface area contributed by atoms with Gasteiger partial charge in [0.1, 0.15) is 5.82 Å². The standard InChI is InChI=1S/C14H17FN2O/c15-12-1-4-14(11(9-12)10-18)17-7-5-16(6-8-17)13-2-3-13/h1,4,9-10,13H,2-3,5-8H2. The summed E-state index contributed by atoms with van der Waals surface area (Å²) in [5.74, 6) is -0.350. The van der Waals surface area contributed by atoms with Crippen molar-refractivity contribution >= 4 is 12.0 Å². The van der Waals surface area contributed by atoms with Crippen LogP contribution in [0.4, 0.5) is 10.1 Å². The molecule has 4 heteroatoms. The van der Waals surface area contributed by atoms with Crippen LogP contribution < -0.4 is 4.90 Å². The van der Waals surface area contributed by atoms with Gasteiger partial charge in [-0.05, 0) is 31.0 Å². The summed E-state index contributed by atoms with van der Waals surface area (Å²) in [6, 6.07) is 5.25. The Balaban J connectivity index is 1.73. The first kappa shape index (κ1) is 11.7. The van der Waals surface area contributed by atoms with Crippen LogP contribution in [-0.2, 0) is 0 Å². The molecule has 0 amide bonds. The SMILES string of the molecule is O=Cc1cc(F)ccc1N1CCN(C2CC2)CC1. The lowest BCUT2D eigenvalue weighted by molar-refractivity contribution is 0.112. The van der Waals surface area contributed by atoms with Gasteiger partial charge < -0.3 is 4.90 Å². The zero-order chi connectivity index (χ0) is 12.5. The third-order valence-electron chi connectivity index (χ3n) is 3.83. The summed E-state index contributed by atoms with van der Waals surface area (Å²) in [6.45, 7) is 3.92. The van der Waals surface area contributed by atoms with Crippen molar-refractivity contribution in [2.75, 3.05) is 31.1 Å². The second kappa shape index (κ2) is 4.69. The van der Waals surface area contributed by atoms with Gasteiger partial charge in [-0.15, -0.1) is 0 Å². The molecule has 0 bridgehead atoms. The fraction of sp³-hybridized carbons (Fsp3) is 0.500. The van der Waals surface area contributed by atoms with E-state index in [1.165, 1.54) is 25.0 Å². The molecule has 1 heterocycles. The van der Waals surface area contributed by atoms with Gasteiger partial charge in [0.05, 0.1) is 0 Å². The smallest absolute Gasteiger partial charge is 0.152 e. The number of rotatable bonds is 3. The van der Waals surface area contributed by atoms with Crippen LogP contribution in [0.2, 0.25) is 0 Å². The van der Waals surface area contributed by atoms with Crippen molar-refractivity contribution in [1.29, 1.82) is 0 Å². The fourth-order valence-electron chi connectivity index (χ4n) is 2.68. The monoisotopic (exact) mass is 248 g/mol. The molecular formula is C14H17FN2O. The summed E-state index contributed by atoms with van der Waals surface area (Å²) < 4.78 is 13.1. The van der Waals surface area contributed by atoms with E-state index in [4.69, 9.17) is 0 Å². The summed E-state index contributed by atoms with van der Waals surface area (Å²) in [7, 11) is 0. The molecule has 0 atom stereocenters. The maximum atomic E-state index is 13.1. The molecule has 1 aliphatic heterocycles. The number of anilines is 1. The summed E-state index contributed by atoms with van der Waals surface area (Å²) in [4.78, 5) is 15.7. The van der Waals surface area contributed by atoms with E-state index in [0.29, 0.717) is 5.56 Å². The quantitative estimate of drug-likeness (QED) is 0.764. The highest BCUT2D eigenvalue weighted by molar-refractivity contribution is 5.84. The maximum Gasteiger partial charge on any atom is 0.152 e. The van der Waals surface area contributed by atoms with E-state index < -0.39 is 0 Å². The van der Waals surface area contributed by atoms with Crippen LogP contribution in [0.15, 0.2) is 18.2 Å². The molecule has 96 valence electrons.